The van der Waals surface area contributed by atoms with E-state index in [1.54, 1.807) is 27.7 Å². The number of nitrogens with one attached hydrogen (secondary N) is 1. The SMILES string of the molecule is CCOC(=O)[C@@H](N[S@@](=O)C(C)(C)C)c1ccc(OC(F)(F)F)cc1. The van der Waals surface area contributed by atoms with Crippen LogP contribution in [0.15, 0.2) is 24.3 Å². The normalized spacial score (nSPS) is 14.8. The highest BCUT2D eigenvalue weighted by atomic mass is 32.2. The Labute approximate surface area is 141 Å². The lowest BCUT2D eigenvalue weighted by molar-refractivity contribution is -0.274. The predicted octanol–water partition coefficient (Wildman–Crippen LogP) is 3.24. The van der Waals surface area contributed by atoms with Crippen LogP contribution in [-0.4, -0.2) is 27.9 Å². The van der Waals surface area contributed by atoms with Gasteiger partial charge in [-0.3, -0.25) is 0 Å². The number of hydrogen-bond acceptors (Lipinski definition) is 4. The van der Waals surface area contributed by atoms with Gasteiger partial charge in [-0.1, -0.05) is 12.1 Å². The van der Waals surface area contributed by atoms with Crippen LogP contribution in [0.3, 0.4) is 0 Å². The largest absolute Gasteiger partial charge is 0.573 e. The molecule has 0 amide bonds. The van der Waals surface area contributed by atoms with Gasteiger partial charge in [0, 0.05) is 0 Å². The van der Waals surface area contributed by atoms with Crippen molar-refractivity contribution in [2.45, 2.75) is 44.8 Å². The number of halogens is 3. The maximum Gasteiger partial charge on any atom is 0.573 e. The fourth-order valence-electron chi connectivity index (χ4n) is 1.62. The molecule has 0 aliphatic rings. The van der Waals surface area contributed by atoms with Crippen LogP contribution in [-0.2, 0) is 20.5 Å². The maximum absolute atomic E-state index is 12.2. The molecular weight excluding hydrogens is 347 g/mol. The minimum Gasteiger partial charge on any atom is -0.465 e. The van der Waals surface area contributed by atoms with Gasteiger partial charge in [0.25, 0.3) is 0 Å². The van der Waals surface area contributed by atoms with Crippen molar-refractivity contribution >= 4 is 17.0 Å². The molecule has 0 saturated carbocycles. The van der Waals surface area contributed by atoms with Crippen LogP contribution in [0.1, 0.15) is 39.3 Å². The average molecular weight is 367 g/mol. The van der Waals surface area contributed by atoms with E-state index < -0.39 is 39.9 Å². The molecule has 1 aromatic carbocycles. The molecule has 0 spiro atoms. The van der Waals surface area contributed by atoms with E-state index in [2.05, 4.69) is 9.46 Å². The molecule has 9 heteroatoms. The fourth-order valence-corrected chi connectivity index (χ4v) is 2.42. The third-order valence-electron chi connectivity index (χ3n) is 2.75. The number of hydrogen-bond donors (Lipinski definition) is 1. The summed E-state index contributed by atoms with van der Waals surface area (Å²) in [6.07, 6.45) is -4.80. The Morgan fingerprint density at radius 1 is 1.21 bits per heavy atom. The molecule has 1 aromatic rings. The van der Waals surface area contributed by atoms with Gasteiger partial charge >= 0.3 is 12.3 Å². The van der Waals surface area contributed by atoms with Crippen molar-refractivity contribution in [3.63, 3.8) is 0 Å². The summed E-state index contributed by atoms with van der Waals surface area (Å²) in [6, 6.07) is 3.67. The number of carbonyl (C=O) groups is 1. The van der Waals surface area contributed by atoms with Crippen molar-refractivity contribution in [1.29, 1.82) is 0 Å². The molecule has 0 aliphatic heterocycles. The Balaban J connectivity index is 3.02. The number of rotatable bonds is 6. The van der Waals surface area contributed by atoms with Gasteiger partial charge in [0.15, 0.2) is 0 Å². The van der Waals surface area contributed by atoms with Crippen LogP contribution in [0.5, 0.6) is 5.75 Å². The zero-order valence-electron chi connectivity index (χ0n) is 13.8. The van der Waals surface area contributed by atoms with Gasteiger partial charge in [0.1, 0.15) is 11.8 Å². The Kier molecular flexibility index (Phi) is 6.79. The molecule has 0 unspecified atom stereocenters. The highest BCUT2D eigenvalue weighted by molar-refractivity contribution is 7.84. The molecule has 0 saturated heterocycles. The van der Waals surface area contributed by atoms with Crippen LogP contribution >= 0.6 is 0 Å². The first-order chi connectivity index (χ1) is 10.9. The molecule has 0 fully saturated rings. The summed E-state index contributed by atoms with van der Waals surface area (Å²) in [5, 5.41) is 0. The molecule has 5 nitrogen and oxygen atoms in total. The van der Waals surface area contributed by atoms with Crippen molar-refractivity contribution in [1.82, 2.24) is 4.72 Å². The van der Waals surface area contributed by atoms with Gasteiger partial charge in [0.2, 0.25) is 0 Å². The number of ether oxygens (including phenoxy) is 2. The molecule has 0 radical (unpaired) electrons. The van der Waals surface area contributed by atoms with Crippen LogP contribution in [0.2, 0.25) is 0 Å². The summed E-state index contributed by atoms with van der Waals surface area (Å²) in [5.74, 6) is -1.08. The summed E-state index contributed by atoms with van der Waals surface area (Å²) >= 11 is 0. The van der Waals surface area contributed by atoms with Crippen molar-refractivity contribution in [2.24, 2.45) is 0 Å². The minimum atomic E-state index is -4.80. The Morgan fingerprint density at radius 3 is 2.17 bits per heavy atom. The van der Waals surface area contributed by atoms with Gasteiger partial charge in [-0.15, -0.1) is 13.2 Å². The summed E-state index contributed by atoms with van der Waals surface area (Å²) in [4.78, 5) is 12.1. The lowest BCUT2D eigenvalue weighted by Crippen LogP contribution is -2.39. The highest BCUT2D eigenvalue weighted by Crippen LogP contribution is 2.25. The van der Waals surface area contributed by atoms with Crippen molar-refractivity contribution < 1.29 is 31.6 Å². The second kappa shape index (κ2) is 7.98. The lowest BCUT2D eigenvalue weighted by atomic mass is 10.1. The summed E-state index contributed by atoms with van der Waals surface area (Å²) < 4.78 is 59.5. The van der Waals surface area contributed by atoms with Gasteiger partial charge < -0.3 is 9.47 Å². The highest BCUT2D eigenvalue weighted by Gasteiger charge is 2.32. The molecule has 1 rings (SSSR count). The van der Waals surface area contributed by atoms with E-state index >= 15 is 0 Å². The zero-order valence-corrected chi connectivity index (χ0v) is 14.6. The average Bonchev–Trinajstić information content (AvgIpc) is 2.43. The summed E-state index contributed by atoms with van der Waals surface area (Å²) in [6.45, 7) is 6.90. The first kappa shape index (κ1) is 20.4. The number of carbonyl (C=O) groups excluding carboxylic acids is 1. The molecule has 0 aliphatic carbocycles. The van der Waals surface area contributed by atoms with Crippen molar-refractivity contribution in [3.8, 4) is 5.75 Å². The zero-order chi connectivity index (χ0) is 18.5. The van der Waals surface area contributed by atoms with Crippen LogP contribution in [0, 0.1) is 0 Å². The Morgan fingerprint density at radius 2 is 1.75 bits per heavy atom. The van der Waals surface area contributed by atoms with Crippen LogP contribution < -0.4 is 9.46 Å². The molecule has 0 heterocycles. The first-order valence-corrected chi connectivity index (χ1v) is 8.29. The third kappa shape index (κ3) is 6.48. The van der Waals surface area contributed by atoms with Gasteiger partial charge in [-0.2, -0.15) is 0 Å². The molecule has 136 valence electrons. The van der Waals surface area contributed by atoms with E-state index in [-0.39, 0.29) is 6.61 Å². The van der Waals surface area contributed by atoms with E-state index in [0.29, 0.717) is 5.56 Å². The third-order valence-corrected chi connectivity index (χ3v) is 4.31. The van der Waals surface area contributed by atoms with Crippen LogP contribution in [0.25, 0.3) is 0 Å². The number of esters is 1. The lowest BCUT2D eigenvalue weighted by Gasteiger charge is -2.23. The number of benzene rings is 1. The quantitative estimate of drug-likeness (QED) is 0.784. The van der Waals surface area contributed by atoms with E-state index in [1.807, 2.05) is 0 Å². The van der Waals surface area contributed by atoms with E-state index in [9.17, 15) is 22.2 Å². The first-order valence-electron chi connectivity index (χ1n) is 7.14. The summed E-state index contributed by atoms with van der Waals surface area (Å²) in [7, 11) is -1.58. The van der Waals surface area contributed by atoms with E-state index in [4.69, 9.17) is 4.74 Å². The molecular formula is C15H20F3NO4S. The maximum atomic E-state index is 12.2. The molecule has 2 atom stereocenters. The van der Waals surface area contributed by atoms with Crippen molar-refractivity contribution in [2.75, 3.05) is 6.61 Å². The van der Waals surface area contributed by atoms with Crippen molar-refractivity contribution in [3.05, 3.63) is 29.8 Å². The Hall–Kier alpha value is -1.61. The topological polar surface area (TPSA) is 64.6 Å². The molecule has 0 aromatic heterocycles. The van der Waals surface area contributed by atoms with Gasteiger partial charge in [-0.25, -0.2) is 13.7 Å². The fraction of sp³-hybridized carbons (Fsp3) is 0.533. The van der Waals surface area contributed by atoms with Gasteiger partial charge in [-0.05, 0) is 45.4 Å². The second-order valence-corrected chi connectivity index (χ2v) is 7.80. The minimum absolute atomic E-state index is 0.119. The number of alkyl halides is 3. The predicted molar refractivity (Wildman–Crippen MR) is 83.5 cm³/mol. The molecule has 0 bridgehead atoms. The van der Waals surface area contributed by atoms with Crippen LogP contribution in [0.4, 0.5) is 13.2 Å². The second-order valence-electron chi connectivity index (χ2n) is 5.80. The van der Waals surface area contributed by atoms with E-state index in [1.165, 1.54) is 12.1 Å². The smallest absolute Gasteiger partial charge is 0.465 e. The molecule has 24 heavy (non-hydrogen) atoms. The summed E-state index contributed by atoms with van der Waals surface area (Å²) in [5.41, 5.74) is 0.320. The standard InChI is InChI=1S/C15H20F3NO4S/c1-5-22-13(20)12(19-24(21)14(2,3)4)10-6-8-11(9-7-10)23-15(16,17)18/h6-9,12,19H,5H2,1-4H3/t12-,24-/m0/s1. The monoisotopic (exact) mass is 367 g/mol. The Bertz CT molecular complexity index is 582. The van der Waals surface area contributed by atoms with Gasteiger partial charge in [0.05, 0.1) is 22.3 Å². The molecule has 1 N–H and O–H groups in total. The van der Waals surface area contributed by atoms with E-state index in [0.717, 1.165) is 12.1 Å².